The molecule has 0 aliphatic heterocycles. The number of hydrogen-bond donors (Lipinski definition) is 1. The maximum Gasteiger partial charge on any atom is 0.0177 e. The van der Waals surface area contributed by atoms with Gasteiger partial charge in [0.15, 0.2) is 0 Å². The van der Waals surface area contributed by atoms with Gasteiger partial charge in [-0.15, -0.1) is 0 Å². The molecule has 92 valence electrons. The zero-order chi connectivity index (χ0) is 11.6. The number of nitrogens with one attached hydrogen (secondary N) is 1. The molecule has 1 N–H and O–H groups in total. The highest BCUT2D eigenvalue weighted by Crippen LogP contribution is 2.62. The van der Waals surface area contributed by atoms with Gasteiger partial charge in [0.2, 0.25) is 0 Å². The first-order valence-electron chi connectivity index (χ1n) is 7.19. The normalized spacial score (nSPS) is 47.2. The van der Waals surface area contributed by atoms with Crippen molar-refractivity contribution < 1.29 is 0 Å². The molecule has 0 aromatic heterocycles. The van der Waals surface area contributed by atoms with Crippen molar-refractivity contribution in [2.45, 2.75) is 71.9 Å². The molecule has 3 aliphatic carbocycles. The van der Waals surface area contributed by atoms with Crippen LogP contribution in [0, 0.1) is 22.7 Å². The fourth-order valence-corrected chi connectivity index (χ4v) is 4.71. The highest BCUT2D eigenvalue weighted by Gasteiger charge is 2.59. The van der Waals surface area contributed by atoms with Crippen molar-refractivity contribution in [3.8, 4) is 0 Å². The zero-order valence-corrected chi connectivity index (χ0v) is 11.3. The molecule has 3 rings (SSSR count). The molecule has 1 heteroatoms. The molecule has 0 aromatic carbocycles. The van der Waals surface area contributed by atoms with Crippen molar-refractivity contribution in [3.05, 3.63) is 0 Å². The monoisotopic (exact) mass is 221 g/mol. The number of rotatable bonds is 3. The minimum Gasteiger partial charge on any atom is -0.310 e. The lowest BCUT2D eigenvalue weighted by atomic mass is 9.68. The molecule has 4 atom stereocenters. The van der Waals surface area contributed by atoms with Crippen molar-refractivity contribution in [2.75, 3.05) is 0 Å². The van der Waals surface area contributed by atoms with E-state index in [1.54, 1.807) is 0 Å². The molecule has 3 aliphatic rings. The predicted octanol–water partition coefficient (Wildman–Crippen LogP) is 3.59. The molecular weight excluding hydrogens is 194 g/mol. The summed E-state index contributed by atoms with van der Waals surface area (Å²) in [6.07, 6.45) is 7.31. The van der Waals surface area contributed by atoms with E-state index in [1.807, 2.05) is 0 Å². The Morgan fingerprint density at radius 3 is 2.31 bits per heavy atom. The number of fused-ring (bicyclic) bond motifs is 2. The third-order valence-corrected chi connectivity index (χ3v) is 6.03. The van der Waals surface area contributed by atoms with Crippen LogP contribution in [0.15, 0.2) is 0 Å². The quantitative estimate of drug-likeness (QED) is 0.768. The van der Waals surface area contributed by atoms with E-state index in [0.29, 0.717) is 10.8 Å². The van der Waals surface area contributed by atoms with Gasteiger partial charge in [-0.05, 0) is 61.7 Å². The standard InChI is InChI=1S/C15H27N/c1-10(11-5-6-11)16-13-14(2,3)12-7-8-15(13,4)9-12/h10-13,16H,5-9H2,1-4H3. The van der Waals surface area contributed by atoms with Crippen LogP contribution in [-0.4, -0.2) is 12.1 Å². The molecule has 0 radical (unpaired) electrons. The van der Waals surface area contributed by atoms with Crippen LogP contribution in [0.5, 0.6) is 0 Å². The van der Waals surface area contributed by atoms with E-state index in [9.17, 15) is 0 Å². The maximum absolute atomic E-state index is 4.00. The molecular formula is C15H27N. The molecule has 0 heterocycles. The molecule has 1 nitrogen and oxygen atoms in total. The third kappa shape index (κ3) is 1.47. The van der Waals surface area contributed by atoms with E-state index in [4.69, 9.17) is 0 Å². The molecule has 4 unspecified atom stereocenters. The van der Waals surface area contributed by atoms with Gasteiger partial charge in [0.05, 0.1) is 0 Å². The summed E-state index contributed by atoms with van der Waals surface area (Å²) in [5, 5.41) is 4.00. The van der Waals surface area contributed by atoms with E-state index in [1.165, 1.54) is 32.1 Å². The summed E-state index contributed by atoms with van der Waals surface area (Å²) in [5.74, 6) is 1.96. The average molecular weight is 221 g/mol. The van der Waals surface area contributed by atoms with Gasteiger partial charge in [0, 0.05) is 12.1 Å². The second-order valence-electron chi connectivity index (χ2n) is 7.64. The van der Waals surface area contributed by atoms with Crippen LogP contribution >= 0.6 is 0 Å². The zero-order valence-electron chi connectivity index (χ0n) is 11.3. The Hall–Kier alpha value is -0.0400. The smallest absolute Gasteiger partial charge is 0.0177 e. The predicted molar refractivity (Wildman–Crippen MR) is 68.3 cm³/mol. The van der Waals surface area contributed by atoms with Gasteiger partial charge >= 0.3 is 0 Å². The lowest BCUT2D eigenvalue weighted by Gasteiger charge is -2.44. The fraction of sp³-hybridized carbons (Fsp3) is 1.00. The Labute approximate surface area is 100 Å². The van der Waals surface area contributed by atoms with Crippen LogP contribution in [0.4, 0.5) is 0 Å². The average Bonchev–Trinajstić information content (AvgIpc) is 2.94. The van der Waals surface area contributed by atoms with E-state index in [-0.39, 0.29) is 0 Å². The molecule has 0 aromatic rings. The van der Waals surface area contributed by atoms with Crippen LogP contribution in [0.2, 0.25) is 0 Å². The van der Waals surface area contributed by atoms with E-state index in [2.05, 4.69) is 33.0 Å². The molecule has 3 saturated carbocycles. The van der Waals surface area contributed by atoms with Crippen LogP contribution in [0.25, 0.3) is 0 Å². The van der Waals surface area contributed by atoms with Gasteiger partial charge in [-0.2, -0.15) is 0 Å². The van der Waals surface area contributed by atoms with Gasteiger partial charge < -0.3 is 5.32 Å². The summed E-state index contributed by atoms with van der Waals surface area (Å²) in [5.41, 5.74) is 1.12. The second-order valence-corrected chi connectivity index (χ2v) is 7.64. The first-order valence-corrected chi connectivity index (χ1v) is 7.19. The largest absolute Gasteiger partial charge is 0.310 e. The summed E-state index contributed by atoms with van der Waals surface area (Å²) < 4.78 is 0. The highest BCUT2D eigenvalue weighted by atomic mass is 15.0. The van der Waals surface area contributed by atoms with Gasteiger partial charge in [-0.1, -0.05) is 20.8 Å². The minimum absolute atomic E-state index is 0.524. The minimum atomic E-state index is 0.524. The summed E-state index contributed by atoms with van der Waals surface area (Å²) in [4.78, 5) is 0. The lowest BCUT2D eigenvalue weighted by molar-refractivity contribution is 0.0976. The van der Waals surface area contributed by atoms with Gasteiger partial charge in [-0.3, -0.25) is 0 Å². The van der Waals surface area contributed by atoms with Gasteiger partial charge in [0.25, 0.3) is 0 Å². The van der Waals surface area contributed by atoms with E-state index >= 15 is 0 Å². The first kappa shape index (κ1) is 11.1. The second kappa shape index (κ2) is 3.25. The summed E-state index contributed by atoms with van der Waals surface area (Å²) in [6.45, 7) is 9.93. The molecule has 2 bridgehead atoms. The Morgan fingerprint density at radius 1 is 1.12 bits per heavy atom. The Kier molecular flexibility index (Phi) is 2.25. The van der Waals surface area contributed by atoms with Crippen LogP contribution in [0.3, 0.4) is 0 Å². The van der Waals surface area contributed by atoms with Crippen LogP contribution < -0.4 is 5.32 Å². The van der Waals surface area contributed by atoms with E-state index in [0.717, 1.165) is 23.9 Å². The molecule has 0 saturated heterocycles. The van der Waals surface area contributed by atoms with Crippen molar-refractivity contribution in [2.24, 2.45) is 22.7 Å². The van der Waals surface area contributed by atoms with Crippen molar-refractivity contribution in [1.82, 2.24) is 5.32 Å². The summed E-state index contributed by atoms with van der Waals surface area (Å²) >= 11 is 0. The van der Waals surface area contributed by atoms with Gasteiger partial charge in [0.1, 0.15) is 0 Å². The van der Waals surface area contributed by atoms with E-state index < -0.39 is 0 Å². The van der Waals surface area contributed by atoms with Crippen molar-refractivity contribution in [3.63, 3.8) is 0 Å². The van der Waals surface area contributed by atoms with Crippen molar-refractivity contribution in [1.29, 1.82) is 0 Å². The highest BCUT2D eigenvalue weighted by molar-refractivity contribution is 5.12. The first-order chi connectivity index (χ1) is 7.43. The van der Waals surface area contributed by atoms with Gasteiger partial charge in [-0.25, -0.2) is 0 Å². The lowest BCUT2D eigenvalue weighted by Crippen LogP contribution is -2.53. The fourth-order valence-electron chi connectivity index (χ4n) is 4.71. The molecule has 16 heavy (non-hydrogen) atoms. The van der Waals surface area contributed by atoms with Crippen molar-refractivity contribution >= 4 is 0 Å². The molecule has 0 spiro atoms. The molecule has 3 fully saturated rings. The van der Waals surface area contributed by atoms with Crippen LogP contribution in [0.1, 0.15) is 59.8 Å². The third-order valence-electron chi connectivity index (χ3n) is 6.03. The van der Waals surface area contributed by atoms with Crippen LogP contribution in [-0.2, 0) is 0 Å². The summed E-state index contributed by atoms with van der Waals surface area (Å²) in [7, 11) is 0. The Morgan fingerprint density at radius 2 is 1.81 bits per heavy atom. The Bertz CT molecular complexity index is 287. The Balaban J connectivity index is 1.77. The topological polar surface area (TPSA) is 12.0 Å². The molecule has 0 amide bonds. The maximum atomic E-state index is 4.00. The summed E-state index contributed by atoms with van der Waals surface area (Å²) in [6, 6.07) is 1.51. The number of hydrogen-bond acceptors (Lipinski definition) is 1. The SMILES string of the molecule is CC(NC1C2(C)CCC(C2)C1(C)C)C1CC1.